The molecule has 0 atom stereocenters. The second-order valence-electron chi connectivity index (χ2n) is 8.41. The van der Waals surface area contributed by atoms with Crippen LogP contribution in [0.5, 0.6) is 5.75 Å². The van der Waals surface area contributed by atoms with Crippen molar-refractivity contribution in [2.24, 2.45) is 0 Å². The molecule has 172 valence electrons. The summed E-state index contributed by atoms with van der Waals surface area (Å²) in [5, 5.41) is 12.9. The van der Waals surface area contributed by atoms with Gasteiger partial charge in [-0.2, -0.15) is 0 Å². The Bertz CT molecular complexity index is 1300. The van der Waals surface area contributed by atoms with Gasteiger partial charge in [0, 0.05) is 22.9 Å². The van der Waals surface area contributed by atoms with Crippen LogP contribution in [-0.2, 0) is 5.75 Å². The molecule has 1 fully saturated rings. The van der Waals surface area contributed by atoms with Gasteiger partial charge in [-0.1, -0.05) is 65.9 Å². The highest BCUT2D eigenvalue weighted by Gasteiger charge is 2.24. The number of nitrogens with one attached hydrogen (secondary N) is 1. The molecule has 1 N–H and O–H groups in total. The van der Waals surface area contributed by atoms with Crippen LogP contribution in [0.25, 0.3) is 17.1 Å². The molecule has 3 aromatic carbocycles. The maximum Gasteiger partial charge on any atom is 0.251 e. The monoisotopic (exact) mass is 470 g/mol. The van der Waals surface area contributed by atoms with E-state index in [9.17, 15) is 4.79 Å². The van der Waals surface area contributed by atoms with Gasteiger partial charge in [0.15, 0.2) is 11.0 Å². The molecule has 1 aromatic heterocycles. The smallest absolute Gasteiger partial charge is 0.251 e. The number of hydrogen-bond donors (Lipinski definition) is 1. The van der Waals surface area contributed by atoms with Crippen molar-refractivity contribution >= 4 is 17.7 Å². The SMILES string of the molecule is COc1ccccc1-n1c(SCc2ccc(C(=O)NC3CC3)cc2)nnc1-c1ccc(C)cc1. The zero-order chi connectivity index (χ0) is 23.5. The van der Waals surface area contributed by atoms with Crippen LogP contribution in [0.15, 0.2) is 78.0 Å². The number of nitrogens with zero attached hydrogens (tertiary/aromatic N) is 3. The Morgan fingerprint density at radius 1 is 1.03 bits per heavy atom. The molecule has 0 radical (unpaired) electrons. The zero-order valence-corrected chi connectivity index (χ0v) is 20.0. The van der Waals surface area contributed by atoms with E-state index >= 15 is 0 Å². The minimum atomic E-state index is 0.000332. The van der Waals surface area contributed by atoms with Crippen LogP contribution in [-0.4, -0.2) is 33.8 Å². The third-order valence-corrected chi connectivity index (χ3v) is 6.77. The van der Waals surface area contributed by atoms with Crippen molar-refractivity contribution in [1.82, 2.24) is 20.1 Å². The molecule has 7 heteroatoms. The largest absolute Gasteiger partial charge is 0.495 e. The van der Waals surface area contributed by atoms with E-state index < -0.39 is 0 Å². The second-order valence-corrected chi connectivity index (χ2v) is 9.36. The van der Waals surface area contributed by atoms with Crippen molar-refractivity contribution in [2.45, 2.75) is 36.7 Å². The molecule has 1 aliphatic carbocycles. The summed E-state index contributed by atoms with van der Waals surface area (Å²) in [7, 11) is 1.67. The Morgan fingerprint density at radius 2 is 1.76 bits per heavy atom. The molecule has 1 heterocycles. The van der Waals surface area contributed by atoms with Gasteiger partial charge in [-0.3, -0.25) is 9.36 Å². The van der Waals surface area contributed by atoms with Crippen LogP contribution in [0.4, 0.5) is 0 Å². The molecule has 6 nitrogen and oxygen atoms in total. The first-order valence-electron chi connectivity index (χ1n) is 11.3. The third-order valence-electron chi connectivity index (χ3n) is 5.77. The van der Waals surface area contributed by atoms with Crippen LogP contribution < -0.4 is 10.1 Å². The number of carbonyl (C=O) groups excluding carboxylic acids is 1. The molecule has 1 aliphatic rings. The zero-order valence-electron chi connectivity index (χ0n) is 19.2. The van der Waals surface area contributed by atoms with E-state index in [4.69, 9.17) is 4.74 Å². The summed E-state index contributed by atoms with van der Waals surface area (Å²) in [5.41, 5.74) is 4.87. The fourth-order valence-electron chi connectivity index (χ4n) is 3.68. The molecular weight excluding hydrogens is 444 g/mol. The number of aromatic nitrogens is 3. The predicted octanol–water partition coefficient (Wildman–Crippen LogP) is 5.44. The topological polar surface area (TPSA) is 69.0 Å². The number of amides is 1. The molecule has 0 bridgehead atoms. The summed E-state index contributed by atoms with van der Waals surface area (Å²) in [5.74, 6) is 2.22. The summed E-state index contributed by atoms with van der Waals surface area (Å²) >= 11 is 1.60. The van der Waals surface area contributed by atoms with Crippen molar-refractivity contribution in [3.8, 4) is 22.8 Å². The van der Waals surface area contributed by atoms with E-state index in [0.29, 0.717) is 17.4 Å². The van der Waals surface area contributed by atoms with Gasteiger partial charge in [0.05, 0.1) is 12.8 Å². The minimum Gasteiger partial charge on any atom is -0.495 e. The standard InChI is InChI=1S/C27H26N4O2S/c1-18-7-11-20(12-8-18)25-29-30-27(31(25)23-5-3-4-6-24(23)33-2)34-17-19-9-13-21(14-10-19)26(32)28-22-15-16-22/h3-14,22H,15-17H2,1-2H3,(H,28,32). The number of methoxy groups -OCH3 is 1. The van der Waals surface area contributed by atoms with Gasteiger partial charge >= 0.3 is 0 Å². The van der Waals surface area contributed by atoms with Crippen molar-refractivity contribution < 1.29 is 9.53 Å². The highest BCUT2D eigenvalue weighted by atomic mass is 32.2. The lowest BCUT2D eigenvalue weighted by Gasteiger charge is -2.14. The Morgan fingerprint density at radius 3 is 2.47 bits per heavy atom. The Labute approximate surface area is 203 Å². The van der Waals surface area contributed by atoms with Gasteiger partial charge in [0.1, 0.15) is 5.75 Å². The van der Waals surface area contributed by atoms with E-state index in [2.05, 4.69) is 46.7 Å². The van der Waals surface area contributed by atoms with Crippen LogP contribution in [0, 0.1) is 6.92 Å². The maximum absolute atomic E-state index is 12.3. The number of thioether (sulfide) groups is 1. The van der Waals surface area contributed by atoms with Gasteiger partial charge < -0.3 is 10.1 Å². The lowest BCUT2D eigenvalue weighted by Crippen LogP contribution is -2.25. The third kappa shape index (κ3) is 4.84. The van der Waals surface area contributed by atoms with Crippen LogP contribution in [0.2, 0.25) is 0 Å². The van der Waals surface area contributed by atoms with Crippen molar-refractivity contribution in [3.05, 3.63) is 89.5 Å². The summed E-state index contributed by atoms with van der Waals surface area (Å²) in [6, 6.07) is 24.3. The maximum atomic E-state index is 12.3. The average Bonchev–Trinajstić information content (AvgIpc) is 3.59. The number of benzene rings is 3. The lowest BCUT2D eigenvalue weighted by molar-refractivity contribution is 0.0951. The second kappa shape index (κ2) is 9.73. The number of aryl methyl sites for hydroxylation is 1. The summed E-state index contributed by atoms with van der Waals surface area (Å²) in [4.78, 5) is 12.3. The first-order chi connectivity index (χ1) is 16.6. The molecule has 1 amide bonds. The number of rotatable bonds is 8. The van der Waals surface area contributed by atoms with Gasteiger partial charge in [-0.25, -0.2) is 0 Å². The summed E-state index contributed by atoms with van der Waals surface area (Å²) < 4.78 is 7.69. The number of hydrogen-bond acceptors (Lipinski definition) is 5. The van der Waals surface area contributed by atoms with Crippen LogP contribution >= 0.6 is 11.8 Å². The highest BCUT2D eigenvalue weighted by molar-refractivity contribution is 7.98. The Balaban J connectivity index is 1.42. The molecule has 4 aromatic rings. The van der Waals surface area contributed by atoms with Gasteiger partial charge in [-0.15, -0.1) is 10.2 Å². The normalized spacial score (nSPS) is 13.0. The van der Waals surface area contributed by atoms with Gasteiger partial charge in [0.2, 0.25) is 0 Å². The molecule has 34 heavy (non-hydrogen) atoms. The van der Waals surface area contributed by atoms with E-state index in [1.54, 1.807) is 18.9 Å². The number of para-hydroxylation sites is 2. The molecule has 0 saturated heterocycles. The quantitative estimate of drug-likeness (QED) is 0.348. The van der Waals surface area contributed by atoms with Crippen molar-refractivity contribution in [3.63, 3.8) is 0 Å². The average molecular weight is 471 g/mol. The summed E-state index contributed by atoms with van der Waals surface area (Å²) in [6.07, 6.45) is 2.16. The van der Waals surface area contributed by atoms with Gasteiger partial charge in [-0.05, 0) is 49.6 Å². The molecule has 1 saturated carbocycles. The Kier molecular flexibility index (Phi) is 6.36. The predicted molar refractivity (Wildman–Crippen MR) is 135 cm³/mol. The molecular formula is C27H26N4O2S. The fraction of sp³-hybridized carbons (Fsp3) is 0.222. The van der Waals surface area contributed by atoms with E-state index in [1.807, 2.05) is 53.1 Å². The van der Waals surface area contributed by atoms with Crippen molar-refractivity contribution in [1.29, 1.82) is 0 Å². The lowest BCUT2D eigenvalue weighted by atomic mass is 10.1. The fourth-order valence-corrected chi connectivity index (χ4v) is 4.58. The minimum absolute atomic E-state index is 0.000332. The number of carbonyl (C=O) groups is 1. The Hall–Kier alpha value is -3.58. The van der Waals surface area contributed by atoms with Crippen LogP contribution in [0.3, 0.4) is 0 Å². The highest BCUT2D eigenvalue weighted by Crippen LogP contribution is 2.33. The van der Waals surface area contributed by atoms with E-state index in [0.717, 1.165) is 46.4 Å². The number of ether oxygens (including phenoxy) is 1. The van der Waals surface area contributed by atoms with Crippen molar-refractivity contribution in [2.75, 3.05) is 7.11 Å². The van der Waals surface area contributed by atoms with Crippen LogP contribution in [0.1, 0.15) is 34.3 Å². The molecule has 0 spiro atoms. The summed E-state index contributed by atoms with van der Waals surface area (Å²) in [6.45, 7) is 2.07. The van der Waals surface area contributed by atoms with E-state index in [-0.39, 0.29) is 5.91 Å². The molecule has 0 aliphatic heterocycles. The van der Waals surface area contributed by atoms with E-state index in [1.165, 1.54) is 5.56 Å². The molecule has 0 unspecified atom stereocenters. The first kappa shape index (κ1) is 22.2. The first-order valence-corrected chi connectivity index (χ1v) is 12.3. The molecule has 5 rings (SSSR count). The van der Waals surface area contributed by atoms with Gasteiger partial charge in [0.25, 0.3) is 5.91 Å².